The van der Waals surface area contributed by atoms with Crippen LogP contribution in [0.25, 0.3) is 10.9 Å². The minimum absolute atomic E-state index is 0.0117. The first-order valence-electron chi connectivity index (χ1n) is 13.5. The molecule has 2 saturated heterocycles. The number of methoxy groups -OCH3 is 1. The van der Waals surface area contributed by atoms with Crippen LogP contribution in [-0.4, -0.2) is 83.6 Å². The lowest BCUT2D eigenvalue weighted by atomic mass is 10.0. The topological polar surface area (TPSA) is 109 Å². The summed E-state index contributed by atoms with van der Waals surface area (Å²) < 4.78 is 24.3. The Morgan fingerprint density at radius 3 is 2.78 bits per heavy atom. The van der Waals surface area contributed by atoms with E-state index < -0.39 is 5.82 Å². The van der Waals surface area contributed by atoms with Crippen molar-refractivity contribution in [3.05, 3.63) is 59.7 Å². The van der Waals surface area contributed by atoms with Gasteiger partial charge >= 0.3 is 5.97 Å². The summed E-state index contributed by atoms with van der Waals surface area (Å²) in [4.78, 5) is 37.7. The molecule has 3 heterocycles. The SMILES string of the molecule is COc1cc2ncnc(Nc3ccc(F)c(Cl)c3)c2cc1NC(=O)C=CCN1CCC(N2CC(=O)OC(C)C2)CC1. The second-order valence-electron chi connectivity index (χ2n) is 10.2. The van der Waals surface area contributed by atoms with Crippen LogP contribution in [0.2, 0.25) is 5.02 Å². The molecule has 1 atom stereocenters. The number of cyclic esters (lactones) is 1. The molecule has 2 fully saturated rings. The molecule has 1 aromatic heterocycles. The maximum Gasteiger partial charge on any atom is 0.320 e. The van der Waals surface area contributed by atoms with Gasteiger partial charge in [-0.3, -0.25) is 19.4 Å². The fourth-order valence-corrected chi connectivity index (χ4v) is 5.43. The van der Waals surface area contributed by atoms with Crippen molar-refractivity contribution in [1.29, 1.82) is 0 Å². The number of carbonyl (C=O) groups excluding carboxylic acids is 2. The summed E-state index contributed by atoms with van der Waals surface area (Å²) in [5.41, 5.74) is 1.61. The Morgan fingerprint density at radius 1 is 1.24 bits per heavy atom. The zero-order chi connectivity index (χ0) is 28.9. The monoisotopic (exact) mass is 582 g/mol. The predicted octanol–water partition coefficient (Wildman–Crippen LogP) is 4.38. The molecule has 1 unspecified atom stereocenters. The zero-order valence-electron chi connectivity index (χ0n) is 22.9. The van der Waals surface area contributed by atoms with Crippen LogP contribution in [0.1, 0.15) is 19.8 Å². The van der Waals surface area contributed by atoms with E-state index in [1.807, 2.05) is 13.0 Å². The van der Waals surface area contributed by atoms with Crippen molar-refractivity contribution >= 4 is 51.6 Å². The van der Waals surface area contributed by atoms with Crippen molar-refractivity contribution in [2.24, 2.45) is 0 Å². The highest BCUT2D eigenvalue weighted by molar-refractivity contribution is 6.31. The molecule has 216 valence electrons. The van der Waals surface area contributed by atoms with Crippen LogP contribution in [-0.2, 0) is 14.3 Å². The Balaban J connectivity index is 1.20. The summed E-state index contributed by atoms with van der Waals surface area (Å²) in [6.07, 6.45) is 6.63. The number of hydrogen-bond acceptors (Lipinski definition) is 9. The zero-order valence-corrected chi connectivity index (χ0v) is 23.7. The number of nitrogens with one attached hydrogen (secondary N) is 2. The van der Waals surface area contributed by atoms with Gasteiger partial charge in [-0.1, -0.05) is 17.7 Å². The molecule has 0 aliphatic carbocycles. The number of morpholine rings is 1. The number of esters is 1. The highest BCUT2D eigenvalue weighted by Crippen LogP contribution is 2.33. The molecule has 0 radical (unpaired) electrons. The lowest BCUT2D eigenvalue weighted by Gasteiger charge is -2.40. The summed E-state index contributed by atoms with van der Waals surface area (Å²) in [7, 11) is 1.52. The summed E-state index contributed by atoms with van der Waals surface area (Å²) in [5, 5.41) is 6.63. The van der Waals surface area contributed by atoms with Gasteiger partial charge in [0.15, 0.2) is 0 Å². The van der Waals surface area contributed by atoms with Crippen LogP contribution in [0.5, 0.6) is 5.75 Å². The third kappa shape index (κ3) is 7.10. The number of nitrogens with zero attached hydrogens (tertiary/aromatic N) is 4. The van der Waals surface area contributed by atoms with E-state index in [4.69, 9.17) is 21.1 Å². The van der Waals surface area contributed by atoms with Crippen molar-refractivity contribution in [1.82, 2.24) is 19.8 Å². The van der Waals surface area contributed by atoms with Crippen LogP contribution >= 0.6 is 11.6 Å². The number of fused-ring (bicyclic) bond motifs is 1. The number of anilines is 3. The molecule has 10 nitrogen and oxygen atoms in total. The van der Waals surface area contributed by atoms with Gasteiger partial charge in [0.2, 0.25) is 5.91 Å². The Bertz CT molecular complexity index is 1460. The lowest BCUT2D eigenvalue weighted by molar-refractivity contribution is -0.159. The fourth-order valence-electron chi connectivity index (χ4n) is 5.25. The van der Waals surface area contributed by atoms with Crippen LogP contribution < -0.4 is 15.4 Å². The van der Waals surface area contributed by atoms with Crippen LogP contribution in [0.3, 0.4) is 0 Å². The number of halogens is 2. The number of rotatable bonds is 8. The first kappa shape index (κ1) is 28.7. The number of amides is 1. The molecule has 5 rings (SSSR count). The summed E-state index contributed by atoms with van der Waals surface area (Å²) in [6, 6.07) is 8.11. The van der Waals surface area contributed by atoms with E-state index >= 15 is 0 Å². The first-order chi connectivity index (χ1) is 19.8. The lowest BCUT2D eigenvalue weighted by Crippen LogP contribution is -2.52. The van der Waals surface area contributed by atoms with E-state index in [9.17, 15) is 14.0 Å². The number of hydrogen-bond donors (Lipinski definition) is 2. The van der Waals surface area contributed by atoms with Crippen molar-refractivity contribution in [3.63, 3.8) is 0 Å². The van der Waals surface area contributed by atoms with Gasteiger partial charge in [0, 0.05) is 42.3 Å². The van der Waals surface area contributed by atoms with Crippen molar-refractivity contribution in [2.45, 2.75) is 31.9 Å². The molecule has 0 spiro atoms. The minimum Gasteiger partial charge on any atom is -0.494 e. The fraction of sp³-hybridized carbons (Fsp3) is 0.379. The molecular weight excluding hydrogens is 551 g/mol. The Hall–Kier alpha value is -3.80. The molecule has 0 bridgehead atoms. The number of benzene rings is 2. The molecular formula is C29H32ClFN6O4. The smallest absolute Gasteiger partial charge is 0.320 e. The summed E-state index contributed by atoms with van der Waals surface area (Å²) >= 11 is 5.92. The highest BCUT2D eigenvalue weighted by atomic mass is 35.5. The van der Waals surface area contributed by atoms with Crippen LogP contribution in [0, 0.1) is 5.82 Å². The third-order valence-corrected chi connectivity index (χ3v) is 7.55. The van der Waals surface area contributed by atoms with E-state index in [2.05, 4.69) is 30.4 Å². The standard InChI is InChI=1S/C29H32ClFN6O4/c1-18-15-37(16-28(39)41-18)20-7-10-36(11-8-20)9-3-4-27(38)35-25-13-21-24(14-26(25)40-2)32-17-33-29(21)34-19-5-6-23(31)22(30)12-19/h3-6,12-14,17-18,20H,7-11,15-16H2,1-2H3,(H,35,38)(H,32,33,34). The number of aromatic nitrogens is 2. The molecule has 41 heavy (non-hydrogen) atoms. The van der Waals surface area contributed by atoms with Gasteiger partial charge in [0.05, 0.1) is 29.9 Å². The van der Waals surface area contributed by atoms with E-state index in [-0.39, 0.29) is 23.0 Å². The van der Waals surface area contributed by atoms with Gasteiger partial charge in [0.1, 0.15) is 29.8 Å². The van der Waals surface area contributed by atoms with Gasteiger partial charge < -0.3 is 20.1 Å². The number of likely N-dealkylation sites (tertiary alicyclic amines) is 1. The van der Waals surface area contributed by atoms with E-state index in [0.717, 1.165) is 32.5 Å². The number of ether oxygens (including phenoxy) is 2. The maximum absolute atomic E-state index is 13.6. The predicted molar refractivity (Wildman–Crippen MR) is 155 cm³/mol. The van der Waals surface area contributed by atoms with Gasteiger partial charge in [-0.25, -0.2) is 14.4 Å². The van der Waals surface area contributed by atoms with Crippen molar-refractivity contribution in [3.8, 4) is 5.75 Å². The molecule has 2 aromatic carbocycles. The molecule has 2 N–H and O–H groups in total. The first-order valence-corrected chi connectivity index (χ1v) is 13.8. The average Bonchev–Trinajstić information content (AvgIpc) is 2.95. The van der Waals surface area contributed by atoms with E-state index in [1.54, 1.807) is 18.2 Å². The molecule has 2 aliphatic heterocycles. The quantitative estimate of drug-likeness (QED) is 0.295. The van der Waals surface area contributed by atoms with Gasteiger partial charge in [0.25, 0.3) is 0 Å². The Labute approximate surface area is 242 Å². The minimum atomic E-state index is -0.516. The Morgan fingerprint density at radius 2 is 2.05 bits per heavy atom. The average molecular weight is 583 g/mol. The summed E-state index contributed by atoms with van der Waals surface area (Å²) in [6.45, 7) is 5.50. The largest absolute Gasteiger partial charge is 0.494 e. The van der Waals surface area contributed by atoms with Crippen LogP contribution in [0.4, 0.5) is 21.6 Å². The normalized spacial score (nSPS) is 18.9. The van der Waals surface area contributed by atoms with Gasteiger partial charge in [-0.2, -0.15) is 0 Å². The molecule has 12 heteroatoms. The van der Waals surface area contributed by atoms with Crippen molar-refractivity contribution in [2.75, 3.05) is 50.5 Å². The second-order valence-corrected chi connectivity index (χ2v) is 10.6. The number of piperidine rings is 1. The Kier molecular flexibility index (Phi) is 8.96. The molecule has 1 amide bonds. The van der Waals surface area contributed by atoms with Gasteiger partial charge in [-0.15, -0.1) is 0 Å². The van der Waals surface area contributed by atoms with Gasteiger partial charge in [-0.05, 0) is 57.1 Å². The second kappa shape index (κ2) is 12.8. The molecule has 3 aromatic rings. The van der Waals surface area contributed by atoms with E-state index in [1.165, 1.54) is 31.6 Å². The molecule has 0 saturated carbocycles. The van der Waals surface area contributed by atoms with Crippen LogP contribution in [0.15, 0.2) is 48.8 Å². The third-order valence-electron chi connectivity index (χ3n) is 7.26. The maximum atomic E-state index is 13.6. The van der Waals surface area contributed by atoms with E-state index in [0.29, 0.717) is 53.0 Å². The highest BCUT2D eigenvalue weighted by Gasteiger charge is 2.31. The number of carbonyl (C=O) groups is 2. The summed E-state index contributed by atoms with van der Waals surface area (Å²) in [5.74, 6) is -0.0502. The molecule has 2 aliphatic rings. The van der Waals surface area contributed by atoms with Crippen molar-refractivity contribution < 1.29 is 23.5 Å².